The molecule has 1 N–H and O–H groups in total. The Bertz CT molecular complexity index is 728. The molecule has 0 aromatic carbocycles. The maximum atomic E-state index is 13.1. The second-order valence-corrected chi connectivity index (χ2v) is 10.5. The number of allylic oxidation sites excluding steroid dienone is 4. The van der Waals surface area contributed by atoms with Gasteiger partial charge in [0.05, 0.1) is 6.10 Å². The lowest BCUT2D eigenvalue weighted by Gasteiger charge is -2.48. The van der Waals surface area contributed by atoms with Crippen LogP contribution < -0.4 is 0 Å². The highest BCUT2D eigenvalue weighted by Crippen LogP contribution is 2.49. The number of carbonyl (C=O) groups is 1. The monoisotopic (exact) mass is 419 g/mol. The standard InChI is InChI=1S/C25H41NO4/c1-10-12-13-21-19(11-2)20(27)15-25(29-21)17(3)14-24(8,9)26(16-18(25)4)22(28)30-23(5,6)7/h10-13,17-18,20,27H,14-16H2,1-9H3/b12-10-,19-11-,21-13+. The molecule has 0 saturated carbocycles. The van der Waals surface area contributed by atoms with Crippen molar-refractivity contribution in [2.75, 3.05) is 6.54 Å². The van der Waals surface area contributed by atoms with E-state index in [-0.39, 0.29) is 23.5 Å². The van der Waals surface area contributed by atoms with Gasteiger partial charge in [-0.25, -0.2) is 4.79 Å². The van der Waals surface area contributed by atoms with Crippen LogP contribution in [0.2, 0.25) is 0 Å². The van der Waals surface area contributed by atoms with Gasteiger partial charge in [0.25, 0.3) is 0 Å². The first-order valence-corrected chi connectivity index (χ1v) is 11.1. The molecular weight excluding hydrogens is 378 g/mol. The molecule has 2 rings (SSSR count). The Morgan fingerprint density at radius 3 is 2.37 bits per heavy atom. The highest BCUT2D eigenvalue weighted by Gasteiger charge is 2.55. The van der Waals surface area contributed by atoms with Crippen molar-refractivity contribution in [3.05, 3.63) is 35.6 Å². The summed E-state index contributed by atoms with van der Waals surface area (Å²) in [5, 5.41) is 11.0. The molecule has 2 heterocycles. The van der Waals surface area contributed by atoms with Gasteiger partial charge in [0.1, 0.15) is 17.0 Å². The van der Waals surface area contributed by atoms with Crippen LogP contribution in [0.5, 0.6) is 0 Å². The lowest BCUT2D eigenvalue weighted by atomic mass is 9.70. The Morgan fingerprint density at radius 1 is 1.20 bits per heavy atom. The average Bonchev–Trinajstić information content (AvgIpc) is 2.67. The molecule has 2 aliphatic rings. The van der Waals surface area contributed by atoms with Gasteiger partial charge in [-0.05, 0) is 66.9 Å². The minimum atomic E-state index is -0.596. The summed E-state index contributed by atoms with van der Waals surface area (Å²) in [6.07, 6.45) is 8.13. The summed E-state index contributed by atoms with van der Waals surface area (Å²) in [6, 6.07) is 0. The van der Waals surface area contributed by atoms with Gasteiger partial charge in [-0.2, -0.15) is 0 Å². The molecule has 4 atom stereocenters. The third-order valence-corrected chi connectivity index (χ3v) is 6.48. The van der Waals surface area contributed by atoms with E-state index in [0.717, 1.165) is 17.8 Å². The van der Waals surface area contributed by atoms with Crippen molar-refractivity contribution in [1.29, 1.82) is 0 Å². The number of ether oxygens (including phenoxy) is 2. The van der Waals surface area contributed by atoms with Crippen LogP contribution >= 0.6 is 0 Å². The summed E-state index contributed by atoms with van der Waals surface area (Å²) < 4.78 is 12.4. The number of hydrogen-bond acceptors (Lipinski definition) is 4. The Kier molecular flexibility index (Phi) is 7.17. The van der Waals surface area contributed by atoms with Crippen molar-refractivity contribution in [2.24, 2.45) is 11.8 Å². The number of rotatable bonds is 1. The van der Waals surface area contributed by atoms with Crippen LogP contribution in [-0.2, 0) is 9.47 Å². The van der Waals surface area contributed by atoms with Crippen LogP contribution in [0.4, 0.5) is 4.79 Å². The summed E-state index contributed by atoms with van der Waals surface area (Å²) >= 11 is 0. The lowest BCUT2D eigenvalue weighted by Crippen LogP contribution is -2.53. The molecule has 0 aliphatic carbocycles. The maximum Gasteiger partial charge on any atom is 0.410 e. The first-order chi connectivity index (χ1) is 13.8. The molecule has 0 bridgehead atoms. The van der Waals surface area contributed by atoms with Crippen molar-refractivity contribution in [3.63, 3.8) is 0 Å². The first-order valence-electron chi connectivity index (χ1n) is 11.1. The largest absolute Gasteiger partial charge is 0.486 e. The Morgan fingerprint density at radius 2 is 1.83 bits per heavy atom. The third kappa shape index (κ3) is 4.93. The van der Waals surface area contributed by atoms with Crippen LogP contribution in [0.15, 0.2) is 35.6 Å². The quantitative estimate of drug-likeness (QED) is 0.601. The summed E-state index contributed by atoms with van der Waals surface area (Å²) in [7, 11) is 0. The molecule has 5 heteroatoms. The SMILES string of the molecule is C\C=C/C=C1/OC2(CC(O)/C1=C/C)C(C)CN(C(=O)OC(C)(C)C)C(C)(C)CC2C. The Hall–Kier alpha value is -1.75. The summed E-state index contributed by atoms with van der Waals surface area (Å²) in [6.45, 7) is 18.5. The van der Waals surface area contributed by atoms with Crippen molar-refractivity contribution in [1.82, 2.24) is 4.90 Å². The minimum Gasteiger partial charge on any atom is -0.486 e. The number of nitrogens with zero attached hydrogens (tertiary/aromatic N) is 1. The highest BCUT2D eigenvalue weighted by molar-refractivity contribution is 5.69. The summed E-state index contributed by atoms with van der Waals surface area (Å²) in [5.41, 5.74) is -0.673. The van der Waals surface area contributed by atoms with E-state index in [9.17, 15) is 9.90 Å². The predicted molar refractivity (Wildman–Crippen MR) is 121 cm³/mol. The maximum absolute atomic E-state index is 13.1. The van der Waals surface area contributed by atoms with E-state index in [4.69, 9.17) is 9.47 Å². The molecule has 0 aromatic rings. The Balaban J connectivity index is 2.46. The zero-order chi connectivity index (χ0) is 22.9. The fraction of sp³-hybridized carbons (Fsp3) is 0.720. The number of aliphatic hydroxyl groups is 1. The van der Waals surface area contributed by atoms with Gasteiger partial charge in [0, 0.05) is 30.0 Å². The normalized spacial score (nSPS) is 35.0. The van der Waals surface area contributed by atoms with Crippen LogP contribution in [0.1, 0.15) is 75.2 Å². The van der Waals surface area contributed by atoms with Crippen molar-refractivity contribution in [2.45, 2.75) is 98.0 Å². The molecule has 1 amide bonds. The van der Waals surface area contributed by atoms with Gasteiger partial charge in [0.2, 0.25) is 0 Å². The molecule has 30 heavy (non-hydrogen) atoms. The van der Waals surface area contributed by atoms with Crippen molar-refractivity contribution < 1.29 is 19.4 Å². The predicted octanol–water partition coefficient (Wildman–Crippen LogP) is 5.60. The average molecular weight is 420 g/mol. The second kappa shape index (κ2) is 8.78. The number of hydrogen-bond donors (Lipinski definition) is 1. The van der Waals surface area contributed by atoms with Crippen LogP contribution in [-0.4, -0.2) is 45.5 Å². The van der Waals surface area contributed by atoms with Gasteiger partial charge in [-0.1, -0.05) is 32.1 Å². The molecule has 1 spiro atoms. The van der Waals surface area contributed by atoms with E-state index in [2.05, 4.69) is 27.7 Å². The highest BCUT2D eigenvalue weighted by atomic mass is 16.6. The third-order valence-electron chi connectivity index (χ3n) is 6.48. The van der Waals surface area contributed by atoms with Crippen molar-refractivity contribution in [3.8, 4) is 0 Å². The lowest BCUT2D eigenvalue weighted by molar-refractivity contribution is -0.120. The first kappa shape index (κ1) is 24.5. The zero-order valence-corrected chi connectivity index (χ0v) is 20.3. The van der Waals surface area contributed by atoms with Crippen molar-refractivity contribution >= 4 is 6.09 Å². The number of carbonyl (C=O) groups excluding carboxylic acids is 1. The van der Waals surface area contributed by atoms with Gasteiger partial charge in [0.15, 0.2) is 0 Å². The number of aliphatic hydroxyl groups excluding tert-OH is 1. The van der Waals surface area contributed by atoms with Gasteiger partial charge < -0.3 is 19.5 Å². The summed E-state index contributed by atoms with van der Waals surface area (Å²) in [4.78, 5) is 14.9. The minimum absolute atomic E-state index is 0.0175. The van der Waals surface area contributed by atoms with Crippen LogP contribution in [0.25, 0.3) is 0 Å². The fourth-order valence-electron chi connectivity index (χ4n) is 4.97. The van der Waals surface area contributed by atoms with E-state index in [1.54, 1.807) is 0 Å². The zero-order valence-electron chi connectivity index (χ0n) is 20.3. The molecular formula is C25H41NO4. The number of amides is 1. The second-order valence-electron chi connectivity index (χ2n) is 10.5. The Labute approximate surface area is 182 Å². The van der Waals surface area contributed by atoms with Gasteiger partial charge in [-0.3, -0.25) is 0 Å². The molecule has 0 aromatic heterocycles. The van der Waals surface area contributed by atoms with E-state index in [0.29, 0.717) is 13.0 Å². The molecule has 0 radical (unpaired) electrons. The smallest absolute Gasteiger partial charge is 0.410 e. The van der Waals surface area contributed by atoms with Gasteiger partial charge in [-0.15, -0.1) is 0 Å². The molecule has 4 unspecified atom stereocenters. The molecule has 2 saturated heterocycles. The van der Waals surface area contributed by atoms with E-state index in [1.807, 2.05) is 63.8 Å². The van der Waals surface area contributed by atoms with Crippen LogP contribution in [0.3, 0.4) is 0 Å². The van der Waals surface area contributed by atoms with E-state index < -0.39 is 17.3 Å². The van der Waals surface area contributed by atoms with E-state index >= 15 is 0 Å². The molecule has 5 nitrogen and oxygen atoms in total. The van der Waals surface area contributed by atoms with Crippen LogP contribution in [0, 0.1) is 11.8 Å². The van der Waals surface area contributed by atoms with E-state index in [1.165, 1.54) is 0 Å². The fourth-order valence-corrected chi connectivity index (χ4v) is 4.97. The molecule has 2 aliphatic heterocycles. The van der Waals surface area contributed by atoms with Gasteiger partial charge >= 0.3 is 6.09 Å². The summed E-state index contributed by atoms with van der Waals surface area (Å²) in [5.74, 6) is 0.873. The molecule has 170 valence electrons. The topological polar surface area (TPSA) is 59.0 Å². The number of likely N-dealkylation sites (tertiary alicyclic amines) is 1. The molecule has 2 fully saturated rings.